The minimum atomic E-state index is 0.725. The molecular formula is C12H19ClN2O. The molecule has 0 aliphatic carbocycles. The largest absolute Gasteiger partial charge is 0.398 e. The maximum Gasteiger partial charge on any atom is 0.0593 e. The monoisotopic (exact) mass is 242 g/mol. The van der Waals surface area contributed by atoms with Gasteiger partial charge in [0.15, 0.2) is 0 Å². The number of hydrogen-bond donors (Lipinski definition) is 1. The second kappa shape index (κ2) is 6.74. The molecule has 0 heterocycles. The lowest BCUT2D eigenvalue weighted by Gasteiger charge is -2.18. The number of ether oxygens (including phenoxy) is 1. The van der Waals surface area contributed by atoms with Gasteiger partial charge in [-0.05, 0) is 26.1 Å². The molecule has 0 saturated carbocycles. The average Bonchev–Trinajstić information content (AvgIpc) is 2.24. The summed E-state index contributed by atoms with van der Waals surface area (Å²) >= 11 is 6.10. The van der Waals surface area contributed by atoms with Gasteiger partial charge in [0.1, 0.15) is 0 Å². The number of likely N-dealkylation sites (N-methyl/N-ethyl adjacent to an activating group) is 1. The van der Waals surface area contributed by atoms with Gasteiger partial charge in [0.2, 0.25) is 0 Å². The molecule has 0 atom stereocenters. The van der Waals surface area contributed by atoms with Gasteiger partial charge in [-0.3, -0.25) is 4.90 Å². The van der Waals surface area contributed by atoms with Crippen molar-refractivity contribution in [2.45, 2.75) is 13.5 Å². The predicted octanol–water partition coefficient (Wildman–Crippen LogP) is 2.39. The first-order chi connectivity index (χ1) is 7.65. The van der Waals surface area contributed by atoms with Gasteiger partial charge in [-0.25, -0.2) is 0 Å². The molecule has 0 bridgehead atoms. The average molecular weight is 243 g/mol. The first-order valence-electron chi connectivity index (χ1n) is 5.44. The van der Waals surface area contributed by atoms with Crippen LogP contribution in [0, 0.1) is 0 Å². The van der Waals surface area contributed by atoms with Crippen LogP contribution in [0.25, 0.3) is 0 Å². The molecule has 3 nitrogen and oxygen atoms in total. The quantitative estimate of drug-likeness (QED) is 0.615. The highest BCUT2D eigenvalue weighted by molar-refractivity contribution is 6.31. The Morgan fingerprint density at radius 1 is 1.44 bits per heavy atom. The van der Waals surface area contributed by atoms with Crippen molar-refractivity contribution >= 4 is 17.3 Å². The third-order valence-corrected chi connectivity index (χ3v) is 2.76. The Kier molecular flexibility index (Phi) is 5.60. The van der Waals surface area contributed by atoms with Crippen LogP contribution in [0.5, 0.6) is 0 Å². The van der Waals surface area contributed by atoms with Crippen molar-refractivity contribution in [3.05, 3.63) is 28.8 Å². The summed E-state index contributed by atoms with van der Waals surface area (Å²) in [6, 6.07) is 5.60. The van der Waals surface area contributed by atoms with E-state index in [9.17, 15) is 0 Å². The SMILES string of the molecule is CCOCCN(C)Cc1c(N)cccc1Cl. The van der Waals surface area contributed by atoms with Crippen LogP contribution in [0.15, 0.2) is 18.2 Å². The Hall–Kier alpha value is -0.770. The molecule has 16 heavy (non-hydrogen) atoms. The predicted molar refractivity (Wildman–Crippen MR) is 68.7 cm³/mol. The van der Waals surface area contributed by atoms with Gasteiger partial charge in [0.25, 0.3) is 0 Å². The zero-order valence-corrected chi connectivity index (χ0v) is 10.6. The third-order valence-electron chi connectivity index (χ3n) is 2.40. The van der Waals surface area contributed by atoms with E-state index < -0.39 is 0 Å². The number of benzene rings is 1. The summed E-state index contributed by atoms with van der Waals surface area (Å²) in [5.41, 5.74) is 7.62. The van der Waals surface area contributed by atoms with E-state index in [2.05, 4.69) is 4.90 Å². The normalized spacial score (nSPS) is 11.0. The summed E-state index contributed by atoms with van der Waals surface area (Å²) in [6.07, 6.45) is 0. The van der Waals surface area contributed by atoms with Gasteiger partial charge in [0, 0.05) is 36.0 Å². The number of nitrogen functional groups attached to an aromatic ring is 1. The van der Waals surface area contributed by atoms with Gasteiger partial charge in [-0.1, -0.05) is 17.7 Å². The van der Waals surface area contributed by atoms with Crippen molar-refractivity contribution in [2.75, 3.05) is 32.5 Å². The Morgan fingerprint density at radius 2 is 2.19 bits per heavy atom. The number of halogens is 1. The van der Waals surface area contributed by atoms with Crippen LogP contribution in [0.1, 0.15) is 12.5 Å². The molecular weight excluding hydrogens is 224 g/mol. The van der Waals surface area contributed by atoms with E-state index in [0.29, 0.717) is 0 Å². The topological polar surface area (TPSA) is 38.5 Å². The summed E-state index contributed by atoms with van der Waals surface area (Å²) in [5.74, 6) is 0. The van der Waals surface area contributed by atoms with Gasteiger partial charge in [0.05, 0.1) is 6.61 Å². The molecule has 0 unspecified atom stereocenters. The van der Waals surface area contributed by atoms with E-state index in [1.165, 1.54) is 0 Å². The molecule has 1 rings (SSSR count). The van der Waals surface area contributed by atoms with Crippen LogP contribution >= 0.6 is 11.6 Å². The summed E-state index contributed by atoms with van der Waals surface area (Å²) in [5, 5.41) is 0.725. The minimum Gasteiger partial charge on any atom is -0.398 e. The van der Waals surface area contributed by atoms with Gasteiger partial charge >= 0.3 is 0 Å². The standard InChI is InChI=1S/C12H19ClN2O/c1-3-16-8-7-15(2)9-10-11(13)5-4-6-12(10)14/h4-6H,3,7-9,14H2,1-2H3. The molecule has 0 radical (unpaired) electrons. The number of anilines is 1. The molecule has 0 aliphatic heterocycles. The number of nitrogens with zero attached hydrogens (tertiary/aromatic N) is 1. The van der Waals surface area contributed by atoms with E-state index in [0.717, 1.165) is 42.6 Å². The lowest BCUT2D eigenvalue weighted by Crippen LogP contribution is -2.23. The van der Waals surface area contributed by atoms with Crippen LogP contribution in [0.2, 0.25) is 5.02 Å². The van der Waals surface area contributed by atoms with Crippen LogP contribution in [-0.4, -0.2) is 31.7 Å². The molecule has 0 saturated heterocycles. The van der Waals surface area contributed by atoms with E-state index in [1.54, 1.807) is 0 Å². The Morgan fingerprint density at radius 3 is 2.81 bits per heavy atom. The summed E-state index contributed by atoms with van der Waals surface area (Å²) < 4.78 is 5.30. The Labute approximate surface area is 102 Å². The fraction of sp³-hybridized carbons (Fsp3) is 0.500. The molecule has 0 aliphatic rings. The summed E-state index contributed by atoms with van der Waals surface area (Å²) in [6.45, 7) is 5.10. The first-order valence-corrected chi connectivity index (χ1v) is 5.82. The number of rotatable bonds is 6. The second-order valence-electron chi connectivity index (χ2n) is 3.74. The van der Waals surface area contributed by atoms with E-state index in [4.69, 9.17) is 22.1 Å². The summed E-state index contributed by atoms with van der Waals surface area (Å²) in [7, 11) is 2.03. The number of hydrogen-bond acceptors (Lipinski definition) is 3. The van der Waals surface area contributed by atoms with Crippen LogP contribution in [-0.2, 0) is 11.3 Å². The van der Waals surface area contributed by atoms with E-state index >= 15 is 0 Å². The molecule has 2 N–H and O–H groups in total. The molecule has 0 aromatic heterocycles. The molecule has 1 aromatic carbocycles. The van der Waals surface area contributed by atoms with Crippen LogP contribution in [0.4, 0.5) is 5.69 Å². The van der Waals surface area contributed by atoms with Crippen LogP contribution < -0.4 is 5.73 Å². The molecule has 1 aromatic rings. The lowest BCUT2D eigenvalue weighted by molar-refractivity contribution is 0.120. The zero-order chi connectivity index (χ0) is 12.0. The molecule has 4 heteroatoms. The zero-order valence-electron chi connectivity index (χ0n) is 9.87. The Bertz CT molecular complexity index is 311. The maximum atomic E-state index is 6.10. The molecule has 0 fully saturated rings. The smallest absolute Gasteiger partial charge is 0.0593 e. The fourth-order valence-electron chi connectivity index (χ4n) is 1.46. The molecule has 0 amide bonds. The molecule has 0 spiro atoms. The second-order valence-corrected chi connectivity index (χ2v) is 4.15. The highest BCUT2D eigenvalue weighted by atomic mass is 35.5. The van der Waals surface area contributed by atoms with Gasteiger partial charge < -0.3 is 10.5 Å². The minimum absolute atomic E-state index is 0.725. The van der Waals surface area contributed by atoms with Crippen molar-refractivity contribution < 1.29 is 4.74 Å². The fourth-order valence-corrected chi connectivity index (χ4v) is 1.70. The van der Waals surface area contributed by atoms with Crippen molar-refractivity contribution in [1.82, 2.24) is 4.90 Å². The highest BCUT2D eigenvalue weighted by Crippen LogP contribution is 2.22. The molecule has 90 valence electrons. The van der Waals surface area contributed by atoms with Gasteiger partial charge in [-0.15, -0.1) is 0 Å². The Balaban J connectivity index is 2.52. The van der Waals surface area contributed by atoms with Crippen molar-refractivity contribution in [1.29, 1.82) is 0 Å². The maximum absolute atomic E-state index is 6.10. The summed E-state index contributed by atoms with van der Waals surface area (Å²) in [4.78, 5) is 2.15. The lowest BCUT2D eigenvalue weighted by atomic mass is 10.1. The van der Waals surface area contributed by atoms with Crippen LogP contribution in [0.3, 0.4) is 0 Å². The van der Waals surface area contributed by atoms with Crippen molar-refractivity contribution in [3.63, 3.8) is 0 Å². The van der Waals surface area contributed by atoms with Crippen molar-refractivity contribution in [2.24, 2.45) is 0 Å². The van der Waals surface area contributed by atoms with Crippen molar-refractivity contribution in [3.8, 4) is 0 Å². The number of nitrogens with two attached hydrogens (primary N) is 1. The highest BCUT2D eigenvalue weighted by Gasteiger charge is 2.07. The van der Waals surface area contributed by atoms with E-state index in [1.807, 2.05) is 32.2 Å². The third kappa shape index (κ3) is 4.00. The first kappa shape index (κ1) is 13.3. The van der Waals surface area contributed by atoms with E-state index in [-0.39, 0.29) is 0 Å². The van der Waals surface area contributed by atoms with Gasteiger partial charge in [-0.2, -0.15) is 0 Å².